The summed E-state index contributed by atoms with van der Waals surface area (Å²) >= 11 is 11.8. The third kappa shape index (κ3) is 3.49. The van der Waals surface area contributed by atoms with Crippen LogP contribution in [0, 0.1) is 0 Å². The molecule has 0 fully saturated rings. The molecule has 0 spiro atoms. The van der Waals surface area contributed by atoms with E-state index < -0.39 is 11.9 Å². The standard InChI is InChI=1S/C10H8BrClF3N3S2/c1-18-8(12)6(7(17-18)10(13,14)15)4-19-9-16-3-5(2-11)20-9/h3H,2,4H2,1H3. The molecule has 0 amide bonds. The molecule has 110 valence electrons. The van der Waals surface area contributed by atoms with Gasteiger partial charge in [0.1, 0.15) is 9.49 Å². The summed E-state index contributed by atoms with van der Waals surface area (Å²) in [5, 5.41) is 4.11. The summed E-state index contributed by atoms with van der Waals surface area (Å²) in [6.07, 6.45) is -2.82. The molecule has 0 N–H and O–H groups in total. The zero-order valence-corrected chi connectivity index (χ0v) is 14.0. The molecule has 0 aromatic carbocycles. The number of thiazole rings is 1. The van der Waals surface area contributed by atoms with Crippen molar-refractivity contribution in [2.75, 3.05) is 0 Å². The highest BCUT2D eigenvalue weighted by molar-refractivity contribution is 9.08. The van der Waals surface area contributed by atoms with Crippen LogP contribution in [0.5, 0.6) is 0 Å². The molecule has 0 unspecified atom stereocenters. The maximum atomic E-state index is 12.9. The SMILES string of the molecule is Cn1nc(C(F)(F)F)c(CSc2ncc(CBr)s2)c1Cl. The van der Waals surface area contributed by atoms with E-state index in [1.54, 1.807) is 6.20 Å². The minimum Gasteiger partial charge on any atom is -0.256 e. The molecule has 0 radical (unpaired) electrons. The van der Waals surface area contributed by atoms with Crippen molar-refractivity contribution < 1.29 is 13.2 Å². The van der Waals surface area contributed by atoms with E-state index in [0.29, 0.717) is 9.67 Å². The summed E-state index contributed by atoms with van der Waals surface area (Å²) in [4.78, 5) is 5.15. The lowest BCUT2D eigenvalue weighted by Gasteiger charge is -2.05. The van der Waals surface area contributed by atoms with Gasteiger partial charge in [-0.15, -0.1) is 11.3 Å². The van der Waals surface area contributed by atoms with Crippen LogP contribution in [0.1, 0.15) is 16.1 Å². The maximum absolute atomic E-state index is 12.9. The Labute approximate surface area is 134 Å². The number of rotatable bonds is 4. The Balaban J connectivity index is 2.20. The summed E-state index contributed by atoms with van der Waals surface area (Å²) in [5.41, 5.74) is -0.947. The lowest BCUT2D eigenvalue weighted by atomic mass is 10.3. The van der Waals surface area contributed by atoms with Crippen LogP contribution in [-0.4, -0.2) is 14.8 Å². The van der Waals surface area contributed by atoms with Crippen molar-refractivity contribution in [3.63, 3.8) is 0 Å². The zero-order valence-electron chi connectivity index (χ0n) is 10.0. The molecule has 2 heterocycles. The second-order valence-electron chi connectivity index (χ2n) is 3.75. The fourth-order valence-corrected chi connectivity index (χ4v) is 4.11. The average molecular weight is 407 g/mol. The quantitative estimate of drug-likeness (QED) is 0.543. The summed E-state index contributed by atoms with van der Waals surface area (Å²) in [5.74, 6) is 0.0801. The Kier molecular flexibility index (Phi) is 5.04. The largest absolute Gasteiger partial charge is 0.435 e. The van der Waals surface area contributed by atoms with Gasteiger partial charge in [-0.05, 0) is 0 Å². The van der Waals surface area contributed by atoms with Crippen LogP contribution in [0.25, 0.3) is 0 Å². The molecular weight excluding hydrogens is 399 g/mol. The monoisotopic (exact) mass is 405 g/mol. The number of aromatic nitrogens is 3. The average Bonchev–Trinajstić information content (AvgIpc) is 2.93. The van der Waals surface area contributed by atoms with Crippen molar-refractivity contribution in [1.29, 1.82) is 0 Å². The van der Waals surface area contributed by atoms with Gasteiger partial charge >= 0.3 is 6.18 Å². The Morgan fingerprint density at radius 2 is 2.20 bits per heavy atom. The van der Waals surface area contributed by atoms with E-state index in [-0.39, 0.29) is 16.5 Å². The van der Waals surface area contributed by atoms with Gasteiger partial charge in [-0.2, -0.15) is 18.3 Å². The maximum Gasteiger partial charge on any atom is 0.435 e. The topological polar surface area (TPSA) is 30.7 Å². The first-order chi connectivity index (χ1) is 9.32. The van der Waals surface area contributed by atoms with Crippen LogP contribution in [0.2, 0.25) is 5.15 Å². The lowest BCUT2D eigenvalue weighted by Crippen LogP contribution is -2.09. The minimum absolute atomic E-state index is 0.00194. The third-order valence-electron chi connectivity index (χ3n) is 2.34. The molecule has 0 saturated heterocycles. The molecule has 2 aromatic rings. The zero-order chi connectivity index (χ0) is 14.9. The number of thioether (sulfide) groups is 1. The number of aryl methyl sites for hydroxylation is 1. The number of hydrogen-bond donors (Lipinski definition) is 0. The van der Waals surface area contributed by atoms with Gasteiger partial charge in [0.2, 0.25) is 0 Å². The van der Waals surface area contributed by atoms with Crippen molar-refractivity contribution in [2.24, 2.45) is 7.05 Å². The fourth-order valence-electron chi connectivity index (χ4n) is 1.45. The molecular formula is C10H8BrClF3N3S2. The summed E-state index contributed by atoms with van der Waals surface area (Å²) in [7, 11) is 1.39. The van der Waals surface area contributed by atoms with Crippen molar-refractivity contribution in [1.82, 2.24) is 14.8 Å². The van der Waals surface area contributed by atoms with E-state index in [1.165, 1.54) is 30.1 Å². The predicted molar refractivity (Wildman–Crippen MR) is 77.5 cm³/mol. The van der Waals surface area contributed by atoms with Crippen LogP contribution in [0.4, 0.5) is 13.2 Å². The van der Waals surface area contributed by atoms with Crippen LogP contribution in [0.3, 0.4) is 0 Å². The van der Waals surface area contributed by atoms with E-state index >= 15 is 0 Å². The second-order valence-corrected chi connectivity index (χ2v) is 7.01. The molecule has 0 bridgehead atoms. The first kappa shape index (κ1) is 16.1. The van der Waals surface area contributed by atoms with Gasteiger partial charge in [0.15, 0.2) is 5.69 Å². The fraction of sp³-hybridized carbons (Fsp3) is 0.400. The van der Waals surface area contributed by atoms with E-state index in [1.807, 2.05) is 0 Å². The first-order valence-electron chi connectivity index (χ1n) is 5.25. The normalized spacial score (nSPS) is 12.1. The first-order valence-corrected chi connectivity index (χ1v) is 8.55. The van der Waals surface area contributed by atoms with Gasteiger partial charge in [0.05, 0.1) is 0 Å². The molecule has 0 atom stereocenters. The molecule has 0 aliphatic heterocycles. The summed E-state index contributed by atoms with van der Waals surface area (Å²) in [6, 6.07) is 0. The molecule has 0 aliphatic rings. The van der Waals surface area contributed by atoms with Crippen molar-refractivity contribution in [2.45, 2.75) is 21.6 Å². The predicted octanol–water partition coefficient (Wildman–Crippen LogP) is 4.74. The summed E-state index contributed by atoms with van der Waals surface area (Å²) in [6.45, 7) is 0. The van der Waals surface area contributed by atoms with Gasteiger partial charge in [-0.3, -0.25) is 4.68 Å². The highest BCUT2D eigenvalue weighted by atomic mass is 79.9. The van der Waals surface area contributed by atoms with Crippen LogP contribution in [0.15, 0.2) is 10.5 Å². The van der Waals surface area contributed by atoms with Crippen LogP contribution >= 0.6 is 50.6 Å². The molecule has 0 aliphatic carbocycles. The second kappa shape index (κ2) is 6.25. The highest BCUT2D eigenvalue weighted by Crippen LogP contribution is 2.38. The third-order valence-corrected chi connectivity index (χ3v) is 5.97. The molecule has 2 rings (SSSR count). The smallest absolute Gasteiger partial charge is 0.256 e. The number of hydrogen-bond acceptors (Lipinski definition) is 4. The molecule has 20 heavy (non-hydrogen) atoms. The van der Waals surface area contributed by atoms with Crippen LogP contribution in [-0.2, 0) is 24.3 Å². The summed E-state index contributed by atoms with van der Waals surface area (Å²) < 4.78 is 40.3. The molecule has 10 heteroatoms. The van der Waals surface area contributed by atoms with Crippen LogP contribution < -0.4 is 0 Å². The number of halogens is 5. The molecule has 0 saturated carbocycles. The highest BCUT2D eigenvalue weighted by Gasteiger charge is 2.38. The molecule has 3 nitrogen and oxygen atoms in total. The Morgan fingerprint density at radius 1 is 1.50 bits per heavy atom. The molecule has 2 aromatic heterocycles. The Morgan fingerprint density at radius 3 is 2.75 bits per heavy atom. The van der Waals surface area contributed by atoms with Gasteiger partial charge in [-0.1, -0.05) is 39.3 Å². The van der Waals surface area contributed by atoms with E-state index in [0.717, 1.165) is 9.56 Å². The van der Waals surface area contributed by atoms with Gasteiger partial charge in [0.25, 0.3) is 0 Å². The van der Waals surface area contributed by atoms with Crippen molar-refractivity contribution >= 4 is 50.6 Å². The Bertz CT molecular complexity index is 611. The van der Waals surface area contributed by atoms with Gasteiger partial charge in [-0.25, -0.2) is 4.98 Å². The van der Waals surface area contributed by atoms with Crippen molar-refractivity contribution in [3.05, 3.63) is 27.5 Å². The van der Waals surface area contributed by atoms with Gasteiger partial charge in [0, 0.05) is 34.8 Å². The van der Waals surface area contributed by atoms with Gasteiger partial charge < -0.3 is 0 Å². The van der Waals surface area contributed by atoms with E-state index in [9.17, 15) is 13.2 Å². The minimum atomic E-state index is -4.51. The number of alkyl halides is 4. The van der Waals surface area contributed by atoms with E-state index in [4.69, 9.17) is 11.6 Å². The van der Waals surface area contributed by atoms with Crippen molar-refractivity contribution in [3.8, 4) is 0 Å². The van der Waals surface area contributed by atoms with E-state index in [2.05, 4.69) is 26.0 Å². The number of nitrogens with zero attached hydrogens (tertiary/aromatic N) is 3. The Hall–Kier alpha value is -0.250. The lowest BCUT2D eigenvalue weighted by molar-refractivity contribution is -0.141.